The fourth-order valence-corrected chi connectivity index (χ4v) is 9.85. The van der Waals surface area contributed by atoms with Crippen molar-refractivity contribution >= 4 is 17.1 Å². The van der Waals surface area contributed by atoms with Gasteiger partial charge in [0.2, 0.25) is 0 Å². The summed E-state index contributed by atoms with van der Waals surface area (Å²) in [5.41, 5.74) is 18.2. The summed E-state index contributed by atoms with van der Waals surface area (Å²) in [5, 5.41) is 0. The van der Waals surface area contributed by atoms with Gasteiger partial charge >= 0.3 is 0 Å². The van der Waals surface area contributed by atoms with Crippen LogP contribution in [0.5, 0.6) is 11.5 Å². The van der Waals surface area contributed by atoms with Gasteiger partial charge in [0.05, 0.1) is 11.1 Å². The zero-order valence-electron chi connectivity index (χ0n) is 30.3. The van der Waals surface area contributed by atoms with Crippen LogP contribution in [0.3, 0.4) is 0 Å². The Morgan fingerprint density at radius 1 is 0.389 bits per heavy atom. The number of rotatable bonds is 4. The molecule has 11 rings (SSSR count). The molecule has 0 aromatic heterocycles. The molecule has 1 aliphatic heterocycles. The van der Waals surface area contributed by atoms with E-state index >= 15 is 0 Å². The third-order valence-corrected chi connectivity index (χ3v) is 12.1. The lowest BCUT2D eigenvalue weighted by atomic mass is 9.66. The van der Waals surface area contributed by atoms with Crippen molar-refractivity contribution < 1.29 is 4.74 Å². The SMILES string of the molecule is CC1(C)c2ccccc2-c2cccc(N(c3ccccc3)c3ccc(-c4ccc5c(c4)-c4ccccc4C54c5ccccc5Oc5ccccc54)cc3)c21. The summed E-state index contributed by atoms with van der Waals surface area (Å²) >= 11 is 0. The maximum Gasteiger partial charge on any atom is 0.132 e. The Morgan fingerprint density at radius 2 is 0.907 bits per heavy atom. The minimum Gasteiger partial charge on any atom is -0.457 e. The van der Waals surface area contributed by atoms with Crippen molar-refractivity contribution in [3.05, 3.63) is 221 Å². The molecular formula is C52H37NO. The summed E-state index contributed by atoms with van der Waals surface area (Å²) in [6, 6.07) is 68.7. The molecule has 8 aromatic rings. The molecule has 0 N–H and O–H groups in total. The summed E-state index contributed by atoms with van der Waals surface area (Å²) < 4.78 is 6.53. The van der Waals surface area contributed by atoms with Crippen LogP contribution in [-0.4, -0.2) is 0 Å². The fourth-order valence-electron chi connectivity index (χ4n) is 9.85. The molecule has 0 radical (unpaired) electrons. The lowest BCUT2D eigenvalue weighted by Gasteiger charge is -2.39. The van der Waals surface area contributed by atoms with Crippen molar-refractivity contribution in [2.75, 3.05) is 4.90 Å². The maximum absolute atomic E-state index is 6.53. The predicted octanol–water partition coefficient (Wildman–Crippen LogP) is 13.6. The first-order valence-electron chi connectivity index (χ1n) is 18.9. The van der Waals surface area contributed by atoms with Crippen molar-refractivity contribution in [1.29, 1.82) is 0 Å². The van der Waals surface area contributed by atoms with E-state index in [0.717, 1.165) is 22.9 Å². The van der Waals surface area contributed by atoms with E-state index in [4.69, 9.17) is 4.74 Å². The van der Waals surface area contributed by atoms with Crippen LogP contribution in [0.15, 0.2) is 188 Å². The Balaban J connectivity index is 1.05. The van der Waals surface area contributed by atoms with Crippen LogP contribution in [0.2, 0.25) is 0 Å². The molecule has 1 spiro atoms. The number of para-hydroxylation sites is 3. The molecule has 0 unspecified atom stereocenters. The Bertz CT molecular complexity index is 2730. The van der Waals surface area contributed by atoms with Crippen LogP contribution >= 0.6 is 0 Å². The van der Waals surface area contributed by atoms with E-state index < -0.39 is 5.41 Å². The Labute approximate surface area is 316 Å². The molecule has 2 aliphatic carbocycles. The van der Waals surface area contributed by atoms with Gasteiger partial charge in [-0.3, -0.25) is 0 Å². The van der Waals surface area contributed by atoms with Gasteiger partial charge in [-0.2, -0.15) is 0 Å². The zero-order chi connectivity index (χ0) is 36.0. The molecule has 1 heterocycles. The van der Waals surface area contributed by atoms with E-state index in [1.165, 1.54) is 72.4 Å². The van der Waals surface area contributed by atoms with Gasteiger partial charge in [-0.05, 0) is 104 Å². The smallest absolute Gasteiger partial charge is 0.132 e. The summed E-state index contributed by atoms with van der Waals surface area (Å²) in [6.45, 7) is 4.72. The van der Waals surface area contributed by atoms with E-state index in [9.17, 15) is 0 Å². The molecule has 256 valence electrons. The molecule has 8 aromatic carbocycles. The van der Waals surface area contributed by atoms with Gasteiger partial charge in [-0.15, -0.1) is 0 Å². The zero-order valence-corrected chi connectivity index (χ0v) is 30.3. The van der Waals surface area contributed by atoms with Crippen molar-refractivity contribution in [3.8, 4) is 44.9 Å². The van der Waals surface area contributed by atoms with Crippen LogP contribution in [0.1, 0.15) is 47.2 Å². The number of ether oxygens (including phenoxy) is 1. The predicted molar refractivity (Wildman–Crippen MR) is 222 cm³/mol. The molecule has 0 fully saturated rings. The monoisotopic (exact) mass is 691 g/mol. The summed E-state index contributed by atoms with van der Waals surface area (Å²) in [4.78, 5) is 2.43. The van der Waals surface area contributed by atoms with Crippen molar-refractivity contribution in [3.63, 3.8) is 0 Å². The van der Waals surface area contributed by atoms with Gasteiger partial charge in [-0.1, -0.05) is 153 Å². The molecule has 0 saturated carbocycles. The van der Waals surface area contributed by atoms with Gasteiger partial charge in [0.25, 0.3) is 0 Å². The Morgan fingerprint density at radius 3 is 1.61 bits per heavy atom. The summed E-state index contributed by atoms with van der Waals surface area (Å²) in [5.74, 6) is 1.83. The van der Waals surface area contributed by atoms with E-state index in [2.05, 4.69) is 207 Å². The third kappa shape index (κ3) is 4.17. The Hall–Kier alpha value is -6.64. The molecular weight excluding hydrogens is 655 g/mol. The van der Waals surface area contributed by atoms with Gasteiger partial charge in [0.1, 0.15) is 11.5 Å². The number of fused-ring (bicyclic) bond motifs is 12. The van der Waals surface area contributed by atoms with Crippen molar-refractivity contribution in [1.82, 2.24) is 0 Å². The summed E-state index contributed by atoms with van der Waals surface area (Å²) in [6.07, 6.45) is 0. The molecule has 0 amide bonds. The summed E-state index contributed by atoms with van der Waals surface area (Å²) in [7, 11) is 0. The Kier molecular flexibility index (Phi) is 6.55. The van der Waals surface area contributed by atoms with E-state index in [-0.39, 0.29) is 5.41 Å². The van der Waals surface area contributed by atoms with Gasteiger partial charge in [0, 0.05) is 27.9 Å². The molecule has 0 bridgehead atoms. The number of hydrogen-bond acceptors (Lipinski definition) is 2. The number of anilines is 3. The average Bonchev–Trinajstić information content (AvgIpc) is 3.65. The van der Waals surface area contributed by atoms with Crippen LogP contribution in [0.25, 0.3) is 33.4 Å². The highest BCUT2D eigenvalue weighted by atomic mass is 16.5. The first-order chi connectivity index (χ1) is 26.5. The normalized spacial score (nSPS) is 14.6. The second kappa shape index (κ2) is 11.4. The molecule has 2 nitrogen and oxygen atoms in total. The minimum absolute atomic E-state index is 0.140. The van der Waals surface area contributed by atoms with Gasteiger partial charge in [-0.25, -0.2) is 0 Å². The largest absolute Gasteiger partial charge is 0.457 e. The first kappa shape index (κ1) is 30.9. The van der Waals surface area contributed by atoms with E-state index in [1.54, 1.807) is 0 Å². The van der Waals surface area contributed by atoms with Crippen LogP contribution < -0.4 is 9.64 Å². The topological polar surface area (TPSA) is 12.5 Å². The highest BCUT2D eigenvalue weighted by Crippen LogP contribution is 2.62. The van der Waals surface area contributed by atoms with Crippen molar-refractivity contribution in [2.24, 2.45) is 0 Å². The second-order valence-electron chi connectivity index (χ2n) is 15.2. The van der Waals surface area contributed by atoms with Crippen LogP contribution in [0, 0.1) is 0 Å². The van der Waals surface area contributed by atoms with Crippen LogP contribution in [-0.2, 0) is 10.8 Å². The van der Waals surface area contributed by atoms with Gasteiger partial charge in [0.15, 0.2) is 0 Å². The highest BCUT2D eigenvalue weighted by Gasteiger charge is 2.51. The average molecular weight is 692 g/mol. The lowest BCUT2D eigenvalue weighted by Crippen LogP contribution is -2.32. The minimum atomic E-state index is -0.459. The molecule has 2 heteroatoms. The standard InChI is InChI=1S/C52H37NO/c1-51(2)42-20-8-6-17-38(42)40-19-14-24-47(50(40)51)53(36-15-4-3-5-16-36)37-30-27-34(28-31-37)35-29-32-44-41(33-35)39-18-7-9-21-43(39)52(44)45-22-10-12-25-48(45)54-49-26-13-11-23-46(49)52/h3-33H,1-2H3. The molecule has 3 aliphatic rings. The lowest BCUT2D eigenvalue weighted by molar-refractivity contribution is 0.436. The third-order valence-electron chi connectivity index (χ3n) is 12.1. The maximum atomic E-state index is 6.53. The number of benzene rings is 8. The fraction of sp³-hybridized carbons (Fsp3) is 0.0769. The molecule has 0 saturated heterocycles. The number of nitrogens with zero attached hydrogens (tertiary/aromatic N) is 1. The molecule has 0 atom stereocenters. The quantitative estimate of drug-likeness (QED) is 0.182. The second-order valence-corrected chi connectivity index (χ2v) is 15.2. The van der Waals surface area contributed by atoms with Gasteiger partial charge < -0.3 is 9.64 Å². The van der Waals surface area contributed by atoms with Crippen molar-refractivity contribution in [2.45, 2.75) is 24.7 Å². The highest BCUT2D eigenvalue weighted by molar-refractivity contribution is 5.93. The first-order valence-corrected chi connectivity index (χ1v) is 18.9. The van der Waals surface area contributed by atoms with E-state index in [0.29, 0.717) is 0 Å². The molecule has 54 heavy (non-hydrogen) atoms. The van der Waals surface area contributed by atoms with Crippen LogP contribution in [0.4, 0.5) is 17.1 Å². The number of hydrogen-bond donors (Lipinski definition) is 0. The van der Waals surface area contributed by atoms with E-state index in [1.807, 2.05) is 0 Å².